The molecule has 0 spiro atoms. The van der Waals surface area contributed by atoms with Gasteiger partial charge in [-0.15, -0.1) is 0 Å². The Morgan fingerprint density at radius 1 is 1.29 bits per heavy atom. The van der Waals surface area contributed by atoms with Crippen LogP contribution < -0.4 is 10.5 Å². The first kappa shape index (κ1) is 13.8. The predicted molar refractivity (Wildman–Crippen MR) is 70.9 cm³/mol. The van der Waals surface area contributed by atoms with Crippen LogP contribution in [-0.2, 0) is 4.74 Å². The molecule has 1 atom stereocenters. The number of ether oxygens (including phenoxy) is 2. The summed E-state index contributed by atoms with van der Waals surface area (Å²) in [6.07, 6.45) is 1.67. The fourth-order valence-electron chi connectivity index (χ4n) is 2.42. The molecule has 112 valence electrons. The number of hydrogen-bond donors (Lipinski definition) is 1. The van der Waals surface area contributed by atoms with E-state index in [1.165, 1.54) is 12.1 Å². The van der Waals surface area contributed by atoms with Gasteiger partial charge in [0.2, 0.25) is 5.88 Å². The Morgan fingerprint density at radius 2 is 2.05 bits per heavy atom. The van der Waals surface area contributed by atoms with E-state index in [-0.39, 0.29) is 17.7 Å². The zero-order valence-corrected chi connectivity index (χ0v) is 11.1. The lowest BCUT2D eigenvalue weighted by Crippen LogP contribution is -2.02. The van der Waals surface area contributed by atoms with E-state index in [4.69, 9.17) is 15.0 Å². The van der Waals surface area contributed by atoms with Crippen molar-refractivity contribution >= 4 is 5.88 Å². The Bertz CT molecular complexity index is 607. The largest absolute Gasteiger partial charge is 0.435 e. The van der Waals surface area contributed by atoms with Crippen LogP contribution in [0.5, 0.6) is 5.75 Å². The SMILES string of the molecule is Nc1onc(C2CCCO2)c1-c1ccc(OC(F)F)cc1. The van der Waals surface area contributed by atoms with Crippen LogP contribution in [0, 0.1) is 0 Å². The number of nitrogens with two attached hydrogens (primary N) is 1. The second-order valence-electron chi connectivity index (χ2n) is 4.71. The third-order valence-electron chi connectivity index (χ3n) is 3.35. The zero-order chi connectivity index (χ0) is 14.8. The minimum atomic E-state index is -2.85. The van der Waals surface area contributed by atoms with E-state index in [0.29, 0.717) is 17.9 Å². The molecule has 1 fully saturated rings. The topological polar surface area (TPSA) is 70.5 Å². The average Bonchev–Trinajstić information content (AvgIpc) is 3.08. The predicted octanol–water partition coefficient (Wildman–Crippen LogP) is 3.38. The minimum absolute atomic E-state index is 0.0856. The zero-order valence-electron chi connectivity index (χ0n) is 11.1. The van der Waals surface area contributed by atoms with E-state index in [2.05, 4.69) is 9.89 Å². The number of nitrogens with zero attached hydrogens (tertiary/aromatic N) is 1. The summed E-state index contributed by atoms with van der Waals surface area (Å²) in [4.78, 5) is 0. The average molecular weight is 296 g/mol. The molecule has 2 heterocycles. The van der Waals surface area contributed by atoms with Crippen LogP contribution in [0.2, 0.25) is 0 Å². The first-order valence-corrected chi connectivity index (χ1v) is 6.57. The lowest BCUT2D eigenvalue weighted by Gasteiger charge is -2.09. The summed E-state index contributed by atoms with van der Waals surface area (Å²) in [5.74, 6) is 0.269. The van der Waals surface area contributed by atoms with Crippen LogP contribution in [0.4, 0.5) is 14.7 Å². The highest BCUT2D eigenvalue weighted by molar-refractivity contribution is 5.75. The Balaban J connectivity index is 1.91. The number of aromatic nitrogens is 1. The van der Waals surface area contributed by atoms with Crippen molar-refractivity contribution in [3.05, 3.63) is 30.0 Å². The molecular weight excluding hydrogens is 282 g/mol. The van der Waals surface area contributed by atoms with Crippen LogP contribution >= 0.6 is 0 Å². The molecule has 1 aromatic heterocycles. The van der Waals surface area contributed by atoms with Gasteiger partial charge in [-0.05, 0) is 30.5 Å². The van der Waals surface area contributed by atoms with E-state index in [1.54, 1.807) is 12.1 Å². The third-order valence-corrected chi connectivity index (χ3v) is 3.35. The molecule has 0 bridgehead atoms. The molecular formula is C14H14F2N2O3. The third kappa shape index (κ3) is 2.82. The van der Waals surface area contributed by atoms with Crippen LogP contribution in [0.15, 0.2) is 28.8 Å². The van der Waals surface area contributed by atoms with Crippen molar-refractivity contribution in [3.8, 4) is 16.9 Å². The van der Waals surface area contributed by atoms with Crippen molar-refractivity contribution in [1.29, 1.82) is 0 Å². The summed E-state index contributed by atoms with van der Waals surface area (Å²) in [7, 11) is 0. The molecule has 3 rings (SSSR count). The van der Waals surface area contributed by atoms with E-state index >= 15 is 0 Å². The second-order valence-corrected chi connectivity index (χ2v) is 4.71. The maximum Gasteiger partial charge on any atom is 0.387 e. The summed E-state index contributed by atoms with van der Waals surface area (Å²) in [5.41, 5.74) is 7.84. The van der Waals surface area contributed by atoms with Crippen LogP contribution in [0.1, 0.15) is 24.6 Å². The molecule has 1 aliphatic heterocycles. The maximum absolute atomic E-state index is 12.1. The Kier molecular flexibility index (Phi) is 3.74. The number of alkyl halides is 2. The smallest absolute Gasteiger partial charge is 0.387 e. The fourth-order valence-corrected chi connectivity index (χ4v) is 2.42. The highest BCUT2D eigenvalue weighted by Crippen LogP contribution is 2.38. The van der Waals surface area contributed by atoms with E-state index < -0.39 is 6.61 Å². The van der Waals surface area contributed by atoms with Gasteiger partial charge in [0.15, 0.2) is 0 Å². The lowest BCUT2D eigenvalue weighted by atomic mass is 10.0. The number of hydrogen-bond acceptors (Lipinski definition) is 5. The number of halogens is 2. The molecule has 1 aliphatic rings. The molecule has 5 nitrogen and oxygen atoms in total. The summed E-state index contributed by atoms with van der Waals surface area (Å²) in [6.45, 7) is -2.17. The molecule has 0 aliphatic carbocycles. The van der Waals surface area contributed by atoms with E-state index in [0.717, 1.165) is 18.4 Å². The van der Waals surface area contributed by atoms with E-state index in [9.17, 15) is 8.78 Å². The highest BCUT2D eigenvalue weighted by Gasteiger charge is 2.27. The van der Waals surface area contributed by atoms with Gasteiger partial charge in [-0.3, -0.25) is 0 Å². The molecule has 1 saturated heterocycles. The fraction of sp³-hybridized carbons (Fsp3) is 0.357. The number of rotatable bonds is 4. The molecule has 1 aromatic carbocycles. The van der Waals surface area contributed by atoms with Crippen molar-refractivity contribution < 1.29 is 22.8 Å². The van der Waals surface area contributed by atoms with Crippen LogP contribution in [0.25, 0.3) is 11.1 Å². The van der Waals surface area contributed by atoms with Gasteiger partial charge in [0.05, 0.1) is 5.56 Å². The normalized spacial score (nSPS) is 18.3. The maximum atomic E-state index is 12.1. The molecule has 7 heteroatoms. The number of benzene rings is 1. The molecule has 1 unspecified atom stereocenters. The Labute approximate surface area is 119 Å². The van der Waals surface area contributed by atoms with Gasteiger partial charge in [0.25, 0.3) is 0 Å². The van der Waals surface area contributed by atoms with Crippen molar-refractivity contribution in [2.75, 3.05) is 12.3 Å². The van der Waals surface area contributed by atoms with Crippen molar-refractivity contribution in [2.45, 2.75) is 25.6 Å². The van der Waals surface area contributed by atoms with Gasteiger partial charge in [0, 0.05) is 6.61 Å². The minimum Gasteiger partial charge on any atom is -0.435 e. The van der Waals surface area contributed by atoms with Crippen molar-refractivity contribution in [3.63, 3.8) is 0 Å². The quantitative estimate of drug-likeness (QED) is 0.936. The number of nitrogen functional groups attached to an aromatic ring is 1. The molecule has 2 aromatic rings. The van der Waals surface area contributed by atoms with Crippen LogP contribution in [0.3, 0.4) is 0 Å². The van der Waals surface area contributed by atoms with Crippen molar-refractivity contribution in [1.82, 2.24) is 5.16 Å². The number of anilines is 1. The summed E-state index contributed by atoms with van der Waals surface area (Å²) in [6, 6.07) is 6.18. The standard InChI is InChI=1S/C14H14F2N2O3/c15-14(16)20-9-5-3-8(4-6-9)11-12(18-21-13(11)17)10-2-1-7-19-10/h3-6,10,14H,1-2,7,17H2. The molecule has 0 radical (unpaired) electrons. The first-order valence-electron chi connectivity index (χ1n) is 6.57. The first-order chi connectivity index (χ1) is 10.1. The monoisotopic (exact) mass is 296 g/mol. The van der Waals surface area contributed by atoms with Gasteiger partial charge in [-0.2, -0.15) is 8.78 Å². The second kappa shape index (κ2) is 5.69. The molecule has 0 saturated carbocycles. The van der Waals surface area contributed by atoms with E-state index in [1.807, 2.05) is 0 Å². The van der Waals surface area contributed by atoms with Gasteiger partial charge in [-0.25, -0.2) is 0 Å². The summed E-state index contributed by atoms with van der Waals surface area (Å²) >= 11 is 0. The lowest BCUT2D eigenvalue weighted by molar-refractivity contribution is -0.0498. The van der Waals surface area contributed by atoms with Gasteiger partial charge >= 0.3 is 6.61 Å². The van der Waals surface area contributed by atoms with Gasteiger partial charge in [-0.1, -0.05) is 17.3 Å². The summed E-state index contributed by atoms with van der Waals surface area (Å²) < 4.78 is 39.2. The Hall–Kier alpha value is -2.15. The summed E-state index contributed by atoms with van der Waals surface area (Å²) in [5, 5.41) is 3.97. The van der Waals surface area contributed by atoms with Crippen molar-refractivity contribution in [2.24, 2.45) is 0 Å². The molecule has 21 heavy (non-hydrogen) atoms. The van der Waals surface area contributed by atoms with Gasteiger partial charge < -0.3 is 19.7 Å². The Morgan fingerprint density at radius 3 is 2.67 bits per heavy atom. The van der Waals surface area contributed by atoms with Crippen LogP contribution in [-0.4, -0.2) is 18.4 Å². The molecule has 0 amide bonds. The molecule has 2 N–H and O–H groups in total. The highest BCUT2D eigenvalue weighted by atomic mass is 19.3. The van der Waals surface area contributed by atoms with Gasteiger partial charge in [0.1, 0.15) is 17.5 Å².